The summed E-state index contributed by atoms with van der Waals surface area (Å²) in [6.07, 6.45) is 0. The van der Waals surface area contributed by atoms with Gasteiger partial charge < -0.3 is 15.5 Å². The molecule has 3 aromatic carbocycles. The molecule has 1 aliphatic heterocycles. The average Bonchev–Trinajstić information content (AvgIpc) is 2.90. The van der Waals surface area contributed by atoms with Crippen LogP contribution in [0.5, 0.6) is 5.75 Å². The molecule has 1 heterocycles. The van der Waals surface area contributed by atoms with Crippen molar-refractivity contribution in [1.82, 2.24) is 0 Å². The summed E-state index contributed by atoms with van der Waals surface area (Å²) in [6, 6.07) is 17.0. The Morgan fingerprint density at radius 2 is 1.56 bits per heavy atom. The van der Waals surface area contributed by atoms with Crippen molar-refractivity contribution in [2.75, 3.05) is 5.32 Å². The van der Waals surface area contributed by atoms with E-state index < -0.39 is 11.5 Å². The van der Waals surface area contributed by atoms with Gasteiger partial charge in [0, 0.05) is 11.3 Å². The second-order valence-corrected chi connectivity index (χ2v) is 7.25. The maximum atomic E-state index is 12.7. The zero-order valence-corrected chi connectivity index (χ0v) is 15.5. The Labute approximate surface area is 158 Å². The molecule has 3 aromatic rings. The lowest BCUT2D eigenvalue weighted by atomic mass is 9.85. The molecule has 4 nitrogen and oxygen atoms in total. The van der Waals surface area contributed by atoms with Gasteiger partial charge in [0.15, 0.2) is 5.60 Å². The molecule has 0 aromatic heterocycles. The lowest BCUT2D eigenvalue weighted by Crippen LogP contribution is -2.35. The zero-order chi connectivity index (χ0) is 19.3. The summed E-state index contributed by atoms with van der Waals surface area (Å²) >= 11 is 0. The van der Waals surface area contributed by atoms with Gasteiger partial charge >= 0.3 is 0 Å². The highest BCUT2D eigenvalue weighted by molar-refractivity contribution is 6.07. The van der Waals surface area contributed by atoms with Crippen LogP contribution in [0, 0.1) is 20.8 Å². The van der Waals surface area contributed by atoms with Gasteiger partial charge in [-0.05, 0) is 66.8 Å². The highest BCUT2D eigenvalue weighted by Gasteiger charge is 2.47. The van der Waals surface area contributed by atoms with Crippen LogP contribution >= 0.6 is 0 Å². The predicted molar refractivity (Wildman–Crippen MR) is 106 cm³/mol. The molecule has 4 rings (SSSR count). The van der Waals surface area contributed by atoms with Crippen molar-refractivity contribution < 1.29 is 15.0 Å². The third kappa shape index (κ3) is 2.61. The number of nitrogens with one attached hydrogen (secondary N) is 1. The summed E-state index contributed by atoms with van der Waals surface area (Å²) in [5.74, 6) is -0.306. The monoisotopic (exact) mass is 359 g/mol. The Balaban J connectivity index is 1.85. The maximum Gasteiger partial charge on any atom is 0.265 e. The zero-order valence-electron chi connectivity index (χ0n) is 15.5. The Kier molecular flexibility index (Phi) is 3.82. The number of carbonyl (C=O) groups is 1. The SMILES string of the molecule is Cc1cccc(-c2ccc3c(c2)NC(=O)C3(O)c2cc(C)c(O)c(C)c2)c1. The van der Waals surface area contributed by atoms with Gasteiger partial charge in [-0.2, -0.15) is 0 Å². The minimum absolute atomic E-state index is 0.177. The van der Waals surface area contributed by atoms with E-state index in [0.29, 0.717) is 27.9 Å². The summed E-state index contributed by atoms with van der Waals surface area (Å²) in [5.41, 5.74) is 4.23. The van der Waals surface area contributed by atoms with Gasteiger partial charge in [0.1, 0.15) is 5.75 Å². The highest BCUT2D eigenvalue weighted by Crippen LogP contribution is 2.43. The van der Waals surface area contributed by atoms with Crippen molar-refractivity contribution >= 4 is 11.6 Å². The molecule has 3 N–H and O–H groups in total. The highest BCUT2D eigenvalue weighted by atomic mass is 16.3. The van der Waals surface area contributed by atoms with Crippen molar-refractivity contribution in [3.63, 3.8) is 0 Å². The molecule has 1 unspecified atom stereocenters. The number of hydrogen-bond donors (Lipinski definition) is 3. The molecular formula is C23H21NO3. The number of benzene rings is 3. The van der Waals surface area contributed by atoms with E-state index in [-0.39, 0.29) is 5.75 Å². The standard InChI is InChI=1S/C23H21NO3/c1-13-5-4-6-16(9-13)17-7-8-19-20(12-17)24-22(26)23(19,27)18-10-14(2)21(25)15(3)11-18/h4-12,25,27H,1-3H3,(H,24,26). The van der Waals surface area contributed by atoms with Crippen molar-refractivity contribution in [1.29, 1.82) is 0 Å². The van der Waals surface area contributed by atoms with Gasteiger partial charge in [0.05, 0.1) is 0 Å². The van der Waals surface area contributed by atoms with E-state index in [0.717, 1.165) is 16.7 Å². The van der Waals surface area contributed by atoms with Crippen LogP contribution in [0.4, 0.5) is 5.69 Å². The first-order valence-electron chi connectivity index (χ1n) is 8.87. The molecule has 0 spiro atoms. The largest absolute Gasteiger partial charge is 0.507 e. The van der Waals surface area contributed by atoms with E-state index in [1.807, 2.05) is 37.3 Å². The van der Waals surface area contributed by atoms with Crippen LogP contribution < -0.4 is 5.32 Å². The summed E-state index contributed by atoms with van der Waals surface area (Å²) in [7, 11) is 0. The molecule has 0 fully saturated rings. The van der Waals surface area contributed by atoms with Gasteiger partial charge in [-0.15, -0.1) is 0 Å². The van der Waals surface area contributed by atoms with Gasteiger partial charge in [0.25, 0.3) is 5.91 Å². The Morgan fingerprint density at radius 3 is 2.22 bits per heavy atom. The molecule has 0 aliphatic carbocycles. The summed E-state index contributed by atoms with van der Waals surface area (Å²) in [6.45, 7) is 5.54. The van der Waals surface area contributed by atoms with E-state index in [4.69, 9.17) is 0 Å². The van der Waals surface area contributed by atoms with Crippen molar-refractivity contribution in [2.24, 2.45) is 0 Å². The van der Waals surface area contributed by atoms with Crippen molar-refractivity contribution in [3.8, 4) is 16.9 Å². The first-order chi connectivity index (χ1) is 12.8. The van der Waals surface area contributed by atoms with Crippen LogP contribution in [-0.4, -0.2) is 16.1 Å². The number of phenols is 1. The van der Waals surface area contributed by atoms with Crippen LogP contribution in [0.3, 0.4) is 0 Å². The number of rotatable bonds is 2. The number of amides is 1. The first-order valence-corrected chi connectivity index (χ1v) is 8.87. The van der Waals surface area contributed by atoms with Crippen molar-refractivity contribution in [2.45, 2.75) is 26.4 Å². The minimum atomic E-state index is -1.77. The number of aromatic hydroxyl groups is 1. The topological polar surface area (TPSA) is 69.6 Å². The number of aryl methyl sites for hydroxylation is 3. The van der Waals surface area contributed by atoms with Crippen LogP contribution in [0.2, 0.25) is 0 Å². The molecule has 1 aliphatic rings. The number of aliphatic hydroxyl groups is 1. The molecule has 136 valence electrons. The van der Waals surface area contributed by atoms with E-state index in [9.17, 15) is 15.0 Å². The molecule has 0 saturated heterocycles. The lowest BCUT2D eigenvalue weighted by molar-refractivity contribution is -0.129. The quantitative estimate of drug-likeness (QED) is 0.643. The Bertz CT molecular complexity index is 1060. The number of anilines is 1. The summed E-state index contributed by atoms with van der Waals surface area (Å²) in [4.78, 5) is 12.7. The predicted octanol–water partition coefficient (Wildman–Crippen LogP) is 4.17. The fraction of sp³-hybridized carbons (Fsp3) is 0.174. The maximum absolute atomic E-state index is 12.7. The Hall–Kier alpha value is -3.11. The van der Waals surface area contributed by atoms with Crippen LogP contribution in [0.25, 0.3) is 11.1 Å². The first kappa shape index (κ1) is 17.3. The van der Waals surface area contributed by atoms with E-state index in [1.165, 1.54) is 0 Å². The Morgan fingerprint density at radius 1 is 0.889 bits per heavy atom. The number of hydrogen-bond acceptors (Lipinski definition) is 3. The number of carbonyl (C=O) groups excluding carboxylic acids is 1. The molecule has 0 saturated carbocycles. The second-order valence-electron chi connectivity index (χ2n) is 7.25. The third-order valence-corrected chi connectivity index (χ3v) is 5.25. The molecule has 0 bridgehead atoms. The number of phenolic OH excluding ortho intramolecular Hbond substituents is 1. The molecule has 27 heavy (non-hydrogen) atoms. The summed E-state index contributed by atoms with van der Waals surface area (Å²) < 4.78 is 0. The fourth-order valence-corrected chi connectivity index (χ4v) is 3.75. The average molecular weight is 359 g/mol. The van der Waals surface area contributed by atoms with Gasteiger partial charge in [-0.1, -0.05) is 42.0 Å². The van der Waals surface area contributed by atoms with Crippen molar-refractivity contribution in [3.05, 3.63) is 82.4 Å². The van der Waals surface area contributed by atoms with Gasteiger partial charge in [-0.25, -0.2) is 0 Å². The molecule has 4 heteroatoms. The fourth-order valence-electron chi connectivity index (χ4n) is 3.75. The number of fused-ring (bicyclic) bond motifs is 1. The molecule has 1 amide bonds. The second kappa shape index (κ2) is 5.96. The molecule has 1 atom stereocenters. The van der Waals surface area contributed by atoms with Crippen LogP contribution in [0.1, 0.15) is 27.8 Å². The van der Waals surface area contributed by atoms with E-state index in [1.54, 1.807) is 32.0 Å². The van der Waals surface area contributed by atoms with E-state index in [2.05, 4.69) is 11.4 Å². The minimum Gasteiger partial charge on any atom is -0.507 e. The summed E-state index contributed by atoms with van der Waals surface area (Å²) in [5, 5.41) is 24.2. The van der Waals surface area contributed by atoms with Crippen LogP contribution in [-0.2, 0) is 10.4 Å². The van der Waals surface area contributed by atoms with Crippen LogP contribution in [0.15, 0.2) is 54.6 Å². The smallest absolute Gasteiger partial charge is 0.265 e. The third-order valence-electron chi connectivity index (χ3n) is 5.25. The van der Waals surface area contributed by atoms with Gasteiger partial charge in [0.2, 0.25) is 0 Å². The van der Waals surface area contributed by atoms with E-state index >= 15 is 0 Å². The lowest BCUT2D eigenvalue weighted by Gasteiger charge is -2.23. The van der Waals surface area contributed by atoms with Gasteiger partial charge in [-0.3, -0.25) is 4.79 Å². The molecule has 0 radical (unpaired) electrons. The normalized spacial score (nSPS) is 18.3. The molecular weight excluding hydrogens is 338 g/mol.